The molecule has 0 radical (unpaired) electrons. The lowest BCUT2D eigenvalue weighted by Gasteiger charge is -2.37. The van der Waals surface area contributed by atoms with Crippen molar-refractivity contribution in [2.75, 3.05) is 32.8 Å². The Labute approximate surface area is 154 Å². The molecule has 25 heavy (non-hydrogen) atoms. The standard InChI is InChI=1S/C19H26N2O3S/c1-14-11-21(12-15(2)24-14)19(25)16-5-7-17(8-6-16)23-13-18(22)20-9-3-4-10-20/h5-8,14-15H,3-4,9-13H2,1-2H3/t14-,15-/m0/s1. The van der Waals surface area contributed by atoms with E-state index in [4.69, 9.17) is 21.7 Å². The molecule has 2 aliphatic rings. The number of hydrogen-bond acceptors (Lipinski definition) is 4. The molecular weight excluding hydrogens is 336 g/mol. The van der Waals surface area contributed by atoms with Crippen molar-refractivity contribution < 1.29 is 14.3 Å². The molecule has 2 saturated heterocycles. The molecule has 0 unspecified atom stereocenters. The zero-order chi connectivity index (χ0) is 17.8. The van der Waals surface area contributed by atoms with Crippen LogP contribution in [0.5, 0.6) is 5.75 Å². The van der Waals surface area contributed by atoms with Crippen LogP contribution in [0, 0.1) is 0 Å². The molecule has 0 aliphatic carbocycles. The zero-order valence-electron chi connectivity index (χ0n) is 14.9. The number of carbonyl (C=O) groups is 1. The topological polar surface area (TPSA) is 42.0 Å². The van der Waals surface area contributed by atoms with Crippen molar-refractivity contribution in [3.05, 3.63) is 29.8 Å². The van der Waals surface area contributed by atoms with Gasteiger partial charge in [-0.1, -0.05) is 12.2 Å². The van der Waals surface area contributed by atoms with Crippen LogP contribution in [0.25, 0.3) is 0 Å². The minimum Gasteiger partial charge on any atom is -0.484 e. The van der Waals surface area contributed by atoms with Crippen LogP contribution >= 0.6 is 12.2 Å². The fraction of sp³-hybridized carbons (Fsp3) is 0.579. The molecule has 0 N–H and O–H groups in total. The van der Waals surface area contributed by atoms with Gasteiger partial charge < -0.3 is 19.3 Å². The third-order valence-corrected chi connectivity index (χ3v) is 5.12. The van der Waals surface area contributed by atoms with Gasteiger partial charge in [-0.25, -0.2) is 0 Å². The second-order valence-electron chi connectivity index (χ2n) is 6.87. The number of nitrogens with zero attached hydrogens (tertiary/aromatic N) is 2. The zero-order valence-corrected chi connectivity index (χ0v) is 15.8. The van der Waals surface area contributed by atoms with Gasteiger partial charge >= 0.3 is 0 Å². The van der Waals surface area contributed by atoms with Crippen LogP contribution in [0.3, 0.4) is 0 Å². The van der Waals surface area contributed by atoms with Gasteiger partial charge in [-0.05, 0) is 51.0 Å². The van der Waals surface area contributed by atoms with Gasteiger partial charge in [0.05, 0.1) is 12.2 Å². The molecule has 0 spiro atoms. The van der Waals surface area contributed by atoms with Crippen LogP contribution in [-0.4, -0.2) is 65.7 Å². The Morgan fingerprint density at radius 2 is 1.72 bits per heavy atom. The second-order valence-corrected chi connectivity index (χ2v) is 7.26. The van der Waals surface area contributed by atoms with Crippen molar-refractivity contribution in [3.63, 3.8) is 0 Å². The summed E-state index contributed by atoms with van der Waals surface area (Å²) in [6.07, 6.45) is 2.55. The van der Waals surface area contributed by atoms with E-state index in [1.54, 1.807) is 0 Å². The molecule has 2 fully saturated rings. The molecular formula is C19H26N2O3S. The van der Waals surface area contributed by atoms with Crippen LogP contribution < -0.4 is 4.74 Å². The third-order valence-electron chi connectivity index (χ3n) is 4.63. The Bertz CT molecular complexity index is 604. The molecule has 1 aromatic carbocycles. The first-order valence-corrected chi connectivity index (χ1v) is 9.39. The van der Waals surface area contributed by atoms with Crippen molar-refractivity contribution >= 4 is 23.1 Å². The Morgan fingerprint density at radius 1 is 1.12 bits per heavy atom. The van der Waals surface area contributed by atoms with E-state index in [0.29, 0.717) is 5.75 Å². The van der Waals surface area contributed by atoms with Gasteiger partial charge in [0.1, 0.15) is 10.7 Å². The lowest BCUT2D eigenvalue weighted by molar-refractivity contribution is -0.132. The number of rotatable bonds is 4. The number of morpholine rings is 1. The number of hydrogen-bond donors (Lipinski definition) is 0. The highest BCUT2D eigenvalue weighted by Crippen LogP contribution is 2.18. The van der Waals surface area contributed by atoms with Crippen molar-refractivity contribution in [2.24, 2.45) is 0 Å². The predicted molar refractivity (Wildman–Crippen MR) is 101 cm³/mol. The Morgan fingerprint density at radius 3 is 2.32 bits per heavy atom. The third kappa shape index (κ3) is 4.70. The Balaban J connectivity index is 1.54. The van der Waals surface area contributed by atoms with E-state index in [9.17, 15) is 4.79 Å². The second kappa shape index (κ2) is 8.15. The summed E-state index contributed by atoms with van der Waals surface area (Å²) in [5.41, 5.74) is 0.995. The van der Waals surface area contributed by atoms with Crippen molar-refractivity contribution in [2.45, 2.75) is 38.9 Å². The highest BCUT2D eigenvalue weighted by molar-refractivity contribution is 7.80. The monoisotopic (exact) mass is 362 g/mol. The van der Waals surface area contributed by atoms with E-state index in [2.05, 4.69) is 18.7 Å². The molecule has 3 rings (SSSR count). The van der Waals surface area contributed by atoms with Gasteiger partial charge in [0.2, 0.25) is 0 Å². The average molecular weight is 362 g/mol. The molecule has 5 nitrogen and oxygen atoms in total. The first-order chi connectivity index (χ1) is 12.0. The van der Waals surface area contributed by atoms with Crippen LogP contribution in [0.1, 0.15) is 32.3 Å². The lowest BCUT2D eigenvalue weighted by Crippen LogP contribution is -2.47. The number of carbonyl (C=O) groups excluding carboxylic acids is 1. The molecule has 136 valence electrons. The number of thiocarbonyl (C=S) groups is 1. The number of likely N-dealkylation sites (tertiary alicyclic amines) is 1. The van der Waals surface area contributed by atoms with Crippen LogP contribution in [0.15, 0.2) is 24.3 Å². The first kappa shape index (κ1) is 18.1. The molecule has 6 heteroatoms. The maximum absolute atomic E-state index is 12.0. The van der Waals surface area contributed by atoms with Gasteiger partial charge in [-0.2, -0.15) is 0 Å². The van der Waals surface area contributed by atoms with Crippen LogP contribution in [0.4, 0.5) is 0 Å². The Kier molecular flexibility index (Phi) is 5.91. The number of benzene rings is 1. The molecule has 1 amide bonds. The molecule has 0 saturated carbocycles. The molecule has 1 aromatic rings. The maximum atomic E-state index is 12.0. The van der Waals surface area contributed by atoms with E-state index in [-0.39, 0.29) is 24.7 Å². The number of amides is 1. The van der Waals surface area contributed by atoms with Gasteiger partial charge in [-0.3, -0.25) is 4.79 Å². The smallest absolute Gasteiger partial charge is 0.260 e. The Hall–Kier alpha value is -1.66. The SMILES string of the molecule is C[C@H]1CN(C(=S)c2ccc(OCC(=O)N3CCCC3)cc2)C[C@H](C)O1. The van der Waals surface area contributed by atoms with Crippen molar-refractivity contribution in [1.29, 1.82) is 0 Å². The molecule has 2 heterocycles. The molecule has 2 atom stereocenters. The quantitative estimate of drug-likeness (QED) is 0.770. The van der Waals surface area contributed by atoms with E-state index in [1.165, 1.54) is 0 Å². The normalized spacial score (nSPS) is 23.6. The number of ether oxygens (including phenoxy) is 2. The van der Waals surface area contributed by atoms with Crippen molar-refractivity contribution in [1.82, 2.24) is 9.80 Å². The fourth-order valence-corrected chi connectivity index (χ4v) is 3.71. The summed E-state index contributed by atoms with van der Waals surface area (Å²) in [7, 11) is 0. The molecule has 0 aromatic heterocycles. The van der Waals surface area contributed by atoms with Crippen LogP contribution in [-0.2, 0) is 9.53 Å². The largest absolute Gasteiger partial charge is 0.484 e. The summed E-state index contributed by atoms with van der Waals surface area (Å²) < 4.78 is 11.4. The summed E-state index contributed by atoms with van der Waals surface area (Å²) in [4.78, 5) is 16.9. The van der Waals surface area contributed by atoms with Gasteiger partial charge in [-0.15, -0.1) is 0 Å². The van der Waals surface area contributed by atoms with E-state index < -0.39 is 0 Å². The predicted octanol–water partition coefficient (Wildman–Crippen LogP) is 2.47. The lowest BCUT2D eigenvalue weighted by atomic mass is 10.1. The molecule has 0 bridgehead atoms. The first-order valence-electron chi connectivity index (χ1n) is 8.98. The van der Waals surface area contributed by atoms with Gasteiger partial charge in [0, 0.05) is 31.7 Å². The highest BCUT2D eigenvalue weighted by Gasteiger charge is 2.24. The summed E-state index contributed by atoms with van der Waals surface area (Å²) in [5, 5.41) is 0. The highest BCUT2D eigenvalue weighted by atomic mass is 32.1. The maximum Gasteiger partial charge on any atom is 0.260 e. The van der Waals surface area contributed by atoms with E-state index >= 15 is 0 Å². The summed E-state index contributed by atoms with van der Waals surface area (Å²) in [6, 6.07) is 7.68. The minimum atomic E-state index is 0.0633. The summed E-state index contributed by atoms with van der Waals surface area (Å²) >= 11 is 5.64. The van der Waals surface area contributed by atoms with E-state index in [1.807, 2.05) is 29.2 Å². The average Bonchev–Trinajstić information content (AvgIpc) is 3.13. The summed E-state index contributed by atoms with van der Waals surface area (Å²) in [5.74, 6) is 0.760. The van der Waals surface area contributed by atoms with Gasteiger partial charge in [0.15, 0.2) is 6.61 Å². The fourth-order valence-electron chi connectivity index (χ4n) is 3.42. The van der Waals surface area contributed by atoms with Crippen LogP contribution in [0.2, 0.25) is 0 Å². The molecule has 2 aliphatic heterocycles. The van der Waals surface area contributed by atoms with Crippen molar-refractivity contribution in [3.8, 4) is 5.75 Å². The van der Waals surface area contributed by atoms with E-state index in [0.717, 1.165) is 49.6 Å². The minimum absolute atomic E-state index is 0.0633. The van der Waals surface area contributed by atoms with Gasteiger partial charge in [0.25, 0.3) is 5.91 Å². The summed E-state index contributed by atoms with van der Waals surface area (Å²) in [6.45, 7) is 7.57.